The Morgan fingerprint density at radius 2 is 2.10 bits per heavy atom. The highest BCUT2D eigenvalue weighted by atomic mass is 35.5. The molecule has 1 aromatic heterocycles. The molecular weight excluding hydrogens is 304 g/mol. The first-order valence-corrected chi connectivity index (χ1v) is 8.13. The van der Waals surface area contributed by atoms with Gasteiger partial charge in [-0.3, -0.25) is 4.79 Å². The van der Waals surface area contributed by atoms with Crippen molar-refractivity contribution in [3.63, 3.8) is 0 Å². The SMILES string of the molecule is O=C(O)C1CCCCC1NS(=O)(=O)c1cccnc1Cl. The smallest absolute Gasteiger partial charge is 0.308 e. The number of hydrogen-bond acceptors (Lipinski definition) is 4. The van der Waals surface area contributed by atoms with Gasteiger partial charge >= 0.3 is 5.97 Å². The van der Waals surface area contributed by atoms with Crippen LogP contribution in [0.5, 0.6) is 0 Å². The van der Waals surface area contributed by atoms with Crippen LogP contribution >= 0.6 is 11.6 Å². The molecular formula is C12H15ClN2O4S. The summed E-state index contributed by atoms with van der Waals surface area (Å²) in [6.07, 6.45) is 3.97. The number of nitrogens with zero attached hydrogens (tertiary/aromatic N) is 1. The number of aliphatic carboxylic acids is 1. The quantitative estimate of drug-likeness (QED) is 0.823. The minimum Gasteiger partial charge on any atom is -0.481 e. The van der Waals surface area contributed by atoms with E-state index in [9.17, 15) is 13.2 Å². The van der Waals surface area contributed by atoms with Crippen LogP contribution in [0.2, 0.25) is 5.15 Å². The number of sulfonamides is 1. The maximum atomic E-state index is 12.3. The van der Waals surface area contributed by atoms with Gasteiger partial charge in [0, 0.05) is 12.2 Å². The first-order valence-electron chi connectivity index (χ1n) is 6.27. The summed E-state index contributed by atoms with van der Waals surface area (Å²) in [5.41, 5.74) is 0. The van der Waals surface area contributed by atoms with Crippen molar-refractivity contribution in [2.24, 2.45) is 5.92 Å². The Labute approximate surface area is 122 Å². The van der Waals surface area contributed by atoms with Crippen LogP contribution in [0.4, 0.5) is 0 Å². The van der Waals surface area contributed by atoms with Crippen LogP contribution < -0.4 is 4.72 Å². The van der Waals surface area contributed by atoms with E-state index in [1.807, 2.05) is 0 Å². The number of nitrogens with one attached hydrogen (secondary N) is 1. The summed E-state index contributed by atoms with van der Waals surface area (Å²) in [6.45, 7) is 0. The van der Waals surface area contributed by atoms with Crippen molar-refractivity contribution in [1.82, 2.24) is 9.71 Å². The Hall–Kier alpha value is -1.18. The fourth-order valence-corrected chi connectivity index (χ4v) is 4.17. The van der Waals surface area contributed by atoms with Gasteiger partial charge < -0.3 is 5.11 Å². The van der Waals surface area contributed by atoms with Crippen LogP contribution in [0.25, 0.3) is 0 Å². The van der Waals surface area contributed by atoms with E-state index in [0.29, 0.717) is 12.8 Å². The standard InChI is InChI=1S/C12H15ClN2O4S/c13-11-10(6-3-7-14-11)20(18,19)15-9-5-2-1-4-8(9)12(16)17/h3,6-9,15H,1-2,4-5H2,(H,16,17). The van der Waals surface area contributed by atoms with E-state index in [1.54, 1.807) is 0 Å². The topological polar surface area (TPSA) is 96.4 Å². The number of rotatable bonds is 4. The predicted octanol–water partition coefficient (Wildman–Crippen LogP) is 1.66. The molecule has 0 bridgehead atoms. The fourth-order valence-electron chi connectivity index (χ4n) is 2.40. The minimum absolute atomic E-state index is 0.123. The van der Waals surface area contributed by atoms with Crippen molar-refractivity contribution in [2.45, 2.75) is 36.6 Å². The average Bonchev–Trinajstić information content (AvgIpc) is 2.39. The first-order chi connectivity index (χ1) is 9.42. The van der Waals surface area contributed by atoms with Gasteiger partial charge in [-0.15, -0.1) is 0 Å². The van der Waals surface area contributed by atoms with Crippen LogP contribution in [0.15, 0.2) is 23.2 Å². The van der Waals surface area contributed by atoms with Crippen molar-refractivity contribution in [3.05, 3.63) is 23.5 Å². The van der Waals surface area contributed by atoms with Gasteiger partial charge in [0.15, 0.2) is 0 Å². The molecule has 0 radical (unpaired) electrons. The Bertz CT molecular complexity index is 605. The van der Waals surface area contributed by atoms with Gasteiger partial charge in [0.2, 0.25) is 10.0 Å². The van der Waals surface area contributed by atoms with E-state index < -0.39 is 28.0 Å². The summed E-state index contributed by atoms with van der Waals surface area (Å²) in [5.74, 6) is -1.68. The van der Waals surface area contributed by atoms with E-state index in [0.717, 1.165) is 12.8 Å². The summed E-state index contributed by atoms with van der Waals surface area (Å²) >= 11 is 5.78. The lowest BCUT2D eigenvalue weighted by molar-refractivity contribution is -0.143. The maximum absolute atomic E-state index is 12.3. The number of aromatic nitrogens is 1. The van der Waals surface area contributed by atoms with Crippen molar-refractivity contribution < 1.29 is 18.3 Å². The normalized spacial score (nSPS) is 23.4. The molecule has 2 rings (SSSR count). The molecule has 0 amide bonds. The largest absolute Gasteiger partial charge is 0.481 e. The molecule has 1 aliphatic rings. The number of hydrogen-bond donors (Lipinski definition) is 2. The molecule has 2 atom stereocenters. The Morgan fingerprint density at radius 1 is 1.40 bits per heavy atom. The third-order valence-corrected chi connectivity index (χ3v) is 5.34. The molecule has 1 fully saturated rings. The molecule has 1 heterocycles. The van der Waals surface area contributed by atoms with E-state index in [1.165, 1.54) is 18.3 Å². The third kappa shape index (κ3) is 3.28. The van der Waals surface area contributed by atoms with Crippen LogP contribution in [-0.2, 0) is 14.8 Å². The lowest BCUT2D eigenvalue weighted by atomic mass is 9.85. The van der Waals surface area contributed by atoms with E-state index in [-0.39, 0.29) is 10.0 Å². The van der Waals surface area contributed by atoms with Gasteiger partial charge in [0.25, 0.3) is 0 Å². The molecule has 0 aliphatic heterocycles. The zero-order valence-corrected chi connectivity index (χ0v) is 12.2. The molecule has 2 N–H and O–H groups in total. The minimum atomic E-state index is -3.86. The number of carboxylic acid groups (broad SMARTS) is 1. The summed E-state index contributed by atoms with van der Waals surface area (Å²) in [5, 5.41) is 9.03. The molecule has 1 saturated carbocycles. The van der Waals surface area contributed by atoms with Crippen LogP contribution in [0.3, 0.4) is 0 Å². The predicted molar refractivity (Wildman–Crippen MR) is 73.0 cm³/mol. The van der Waals surface area contributed by atoms with E-state index >= 15 is 0 Å². The highest BCUT2D eigenvalue weighted by molar-refractivity contribution is 7.89. The van der Waals surface area contributed by atoms with Crippen LogP contribution in [-0.4, -0.2) is 30.5 Å². The second-order valence-electron chi connectivity index (χ2n) is 4.75. The highest BCUT2D eigenvalue weighted by Gasteiger charge is 2.34. The van der Waals surface area contributed by atoms with Crippen molar-refractivity contribution in [3.8, 4) is 0 Å². The van der Waals surface area contributed by atoms with Gasteiger partial charge in [-0.05, 0) is 25.0 Å². The summed E-state index contributed by atoms with van der Waals surface area (Å²) < 4.78 is 27.0. The van der Waals surface area contributed by atoms with Gasteiger partial charge in [-0.25, -0.2) is 18.1 Å². The Kier molecular flexibility index (Phi) is 4.62. The van der Waals surface area contributed by atoms with Gasteiger partial charge in [0.1, 0.15) is 10.0 Å². The zero-order chi connectivity index (χ0) is 14.8. The van der Waals surface area contributed by atoms with Crippen LogP contribution in [0, 0.1) is 5.92 Å². The Balaban J connectivity index is 2.23. The van der Waals surface area contributed by atoms with Gasteiger partial charge in [-0.1, -0.05) is 24.4 Å². The summed E-state index contributed by atoms with van der Waals surface area (Å²) in [4.78, 5) is 14.8. The zero-order valence-electron chi connectivity index (χ0n) is 10.6. The Morgan fingerprint density at radius 3 is 2.75 bits per heavy atom. The molecule has 20 heavy (non-hydrogen) atoms. The van der Waals surface area contributed by atoms with Crippen molar-refractivity contribution in [1.29, 1.82) is 0 Å². The van der Waals surface area contributed by atoms with Gasteiger partial charge in [0.05, 0.1) is 5.92 Å². The number of carboxylic acids is 1. The molecule has 8 heteroatoms. The van der Waals surface area contributed by atoms with Crippen LogP contribution in [0.1, 0.15) is 25.7 Å². The van der Waals surface area contributed by atoms with E-state index in [4.69, 9.17) is 16.7 Å². The van der Waals surface area contributed by atoms with E-state index in [2.05, 4.69) is 9.71 Å². The summed E-state index contributed by atoms with van der Waals surface area (Å²) in [7, 11) is -3.86. The molecule has 0 saturated heterocycles. The lowest BCUT2D eigenvalue weighted by Gasteiger charge is -2.29. The first kappa shape index (κ1) is 15.2. The molecule has 1 aliphatic carbocycles. The lowest BCUT2D eigenvalue weighted by Crippen LogP contribution is -2.45. The third-order valence-electron chi connectivity index (χ3n) is 3.40. The monoisotopic (exact) mass is 318 g/mol. The molecule has 6 nitrogen and oxygen atoms in total. The second kappa shape index (κ2) is 6.07. The highest BCUT2D eigenvalue weighted by Crippen LogP contribution is 2.27. The molecule has 110 valence electrons. The maximum Gasteiger partial charge on any atom is 0.308 e. The molecule has 2 unspecified atom stereocenters. The summed E-state index contributed by atoms with van der Waals surface area (Å²) in [6, 6.07) is 2.20. The molecule has 0 spiro atoms. The number of halogens is 1. The molecule has 1 aromatic rings. The van der Waals surface area contributed by atoms with Crippen molar-refractivity contribution >= 4 is 27.6 Å². The number of carbonyl (C=O) groups is 1. The fraction of sp³-hybridized carbons (Fsp3) is 0.500. The van der Waals surface area contributed by atoms with Gasteiger partial charge in [-0.2, -0.15) is 0 Å². The number of pyridine rings is 1. The van der Waals surface area contributed by atoms with Crippen molar-refractivity contribution in [2.75, 3.05) is 0 Å². The second-order valence-corrected chi connectivity index (χ2v) is 6.79. The average molecular weight is 319 g/mol. The molecule has 0 aromatic carbocycles.